The standard InChI is InChI=1S/C16H15ClF3N3O4S.ClH/c1-22(28(26,27)12-5-3-11(4-6-12)23(24)25)9-15(21)10-2-7-14(17)13(8-10)16(18,19)20;/h2-8,15H,9,21H2,1H3;1H/t15-;/m0./s1. The van der Waals surface area contributed by atoms with Crippen LogP contribution in [0.4, 0.5) is 18.9 Å². The van der Waals surface area contributed by atoms with Gasteiger partial charge in [0.2, 0.25) is 10.0 Å². The number of non-ortho nitro benzene ring substituents is 1. The van der Waals surface area contributed by atoms with Crippen LogP contribution < -0.4 is 5.73 Å². The monoisotopic (exact) mass is 473 g/mol. The highest BCUT2D eigenvalue weighted by molar-refractivity contribution is 7.89. The SMILES string of the molecule is CN(C[C@H](N)c1ccc(Cl)c(C(F)(F)F)c1)S(=O)(=O)c1ccc([N+](=O)[O-])cc1.Cl. The smallest absolute Gasteiger partial charge is 0.323 e. The molecule has 0 saturated carbocycles. The second-order valence-corrected chi connectivity index (χ2v) is 8.33. The molecule has 2 aromatic rings. The van der Waals surface area contributed by atoms with Gasteiger partial charge in [0.15, 0.2) is 0 Å². The summed E-state index contributed by atoms with van der Waals surface area (Å²) in [6.07, 6.45) is -4.68. The van der Waals surface area contributed by atoms with Crippen LogP contribution >= 0.6 is 24.0 Å². The summed E-state index contributed by atoms with van der Waals surface area (Å²) in [5.74, 6) is 0. The van der Waals surface area contributed by atoms with E-state index in [1.54, 1.807) is 0 Å². The molecule has 0 unspecified atom stereocenters. The van der Waals surface area contributed by atoms with E-state index in [9.17, 15) is 31.7 Å². The van der Waals surface area contributed by atoms with E-state index in [0.29, 0.717) is 0 Å². The van der Waals surface area contributed by atoms with Crippen LogP contribution in [0.1, 0.15) is 17.2 Å². The Morgan fingerprint density at radius 3 is 2.24 bits per heavy atom. The third kappa shape index (κ3) is 5.80. The van der Waals surface area contributed by atoms with Gasteiger partial charge in [0.1, 0.15) is 0 Å². The van der Waals surface area contributed by atoms with Crippen molar-refractivity contribution in [2.75, 3.05) is 13.6 Å². The molecule has 7 nitrogen and oxygen atoms in total. The van der Waals surface area contributed by atoms with E-state index in [2.05, 4.69) is 0 Å². The Kier molecular flexibility index (Phi) is 8.02. The number of likely N-dealkylation sites (N-methyl/N-ethyl adjacent to an activating group) is 1. The fraction of sp³-hybridized carbons (Fsp3) is 0.250. The molecule has 0 amide bonds. The van der Waals surface area contributed by atoms with Crippen molar-refractivity contribution >= 4 is 39.7 Å². The number of nitro groups is 1. The largest absolute Gasteiger partial charge is 0.417 e. The maximum Gasteiger partial charge on any atom is 0.417 e. The topological polar surface area (TPSA) is 107 Å². The van der Waals surface area contributed by atoms with E-state index in [-0.39, 0.29) is 35.1 Å². The molecule has 0 saturated heterocycles. The molecule has 0 aliphatic carbocycles. The third-order valence-electron chi connectivity index (χ3n) is 3.93. The molecule has 13 heteroatoms. The normalized spacial score (nSPS) is 13.1. The Balaban J connectivity index is 0.00000420. The second-order valence-electron chi connectivity index (χ2n) is 5.88. The van der Waals surface area contributed by atoms with Crippen LogP contribution in [-0.4, -0.2) is 31.2 Å². The van der Waals surface area contributed by atoms with Gasteiger partial charge < -0.3 is 5.73 Å². The summed E-state index contributed by atoms with van der Waals surface area (Å²) in [5, 5.41) is 10.2. The molecule has 2 N–H and O–H groups in total. The van der Waals surface area contributed by atoms with Gasteiger partial charge in [0.05, 0.1) is 20.4 Å². The van der Waals surface area contributed by atoms with Crippen LogP contribution in [0.5, 0.6) is 0 Å². The van der Waals surface area contributed by atoms with Gasteiger partial charge in [-0.15, -0.1) is 12.4 Å². The van der Waals surface area contributed by atoms with Crippen LogP contribution in [0.2, 0.25) is 5.02 Å². The van der Waals surface area contributed by atoms with E-state index in [0.717, 1.165) is 40.7 Å². The van der Waals surface area contributed by atoms with Crippen molar-refractivity contribution in [1.29, 1.82) is 0 Å². The average Bonchev–Trinajstić information content (AvgIpc) is 2.60. The predicted octanol–water partition coefficient (Wildman–Crippen LogP) is 4.01. The number of nitrogens with two attached hydrogens (primary N) is 1. The molecule has 0 aromatic heterocycles. The molecule has 29 heavy (non-hydrogen) atoms. The molecule has 0 spiro atoms. The van der Waals surface area contributed by atoms with Crippen LogP contribution in [0.15, 0.2) is 47.4 Å². The summed E-state index contributed by atoms with van der Waals surface area (Å²) in [6, 6.07) is 6.26. The summed E-state index contributed by atoms with van der Waals surface area (Å²) < 4.78 is 64.9. The molecule has 0 aliphatic heterocycles. The number of nitrogens with zero attached hydrogens (tertiary/aromatic N) is 2. The van der Waals surface area contributed by atoms with Crippen LogP contribution in [0, 0.1) is 10.1 Å². The maximum atomic E-state index is 13.0. The number of sulfonamides is 1. The maximum absolute atomic E-state index is 13.0. The first kappa shape index (κ1) is 25.1. The van der Waals surface area contributed by atoms with Crippen molar-refractivity contribution in [2.24, 2.45) is 5.73 Å². The number of benzene rings is 2. The molecular formula is C16H16Cl2F3N3O4S. The first-order valence-electron chi connectivity index (χ1n) is 7.67. The molecule has 0 aliphatic rings. The Bertz CT molecular complexity index is 986. The van der Waals surface area contributed by atoms with Gasteiger partial charge in [0.25, 0.3) is 5.69 Å². The number of hydrogen-bond acceptors (Lipinski definition) is 5. The summed E-state index contributed by atoms with van der Waals surface area (Å²) in [5.41, 5.74) is 4.60. The van der Waals surface area contributed by atoms with Gasteiger partial charge in [-0.1, -0.05) is 17.7 Å². The number of alkyl halides is 3. The number of rotatable bonds is 6. The van der Waals surface area contributed by atoms with E-state index in [1.165, 1.54) is 13.1 Å². The molecular weight excluding hydrogens is 458 g/mol. The Morgan fingerprint density at radius 2 is 1.76 bits per heavy atom. The third-order valence-corrected chi connectivity index (χ3v) is 6.10. The summed E-state index contributed by atoms with van der Waals surface area (Å²) >= 11 is 5.56. The summed E-state index contributed by atoms with van der Waals surface area (Å²) in [7, 11) is -2.84. The highest BCUT2D eigenvalue weighted by Gasteiger charge is 2.34. The van der Waals surface area contributed by atoms with Gasteiger partial charge in [-0.25, -0.2) is 8.42 Å². The zero-order valence-electron chi connectivity index (χ0n) is 14.8. The predicted molar refractivity (Wildman–Crippen MR) is 104 cm³/mol. The lowest BCUT2D eigenvalue weighted by Gasteiger charge is -2.22. The fourth-order valence-corrected chi connectivity index (χ4v) is 3.81. The minimum Gasteiger partial charge on any atom is -0.323 e. The van der Waals surface area contributed by atoms with E-state index in [1.807, 2.05) is 0 Å². The lowest BCUT2D eigenvalue weighted by molar-refractivity contribution is -0.384. The Morgan fingerprint density at radius 1 is 1.21 bits per heavy atom. The van der Waals surface area contributed by atoms with Gasteiger partial charge in [-0.2, -0.15) is 17.5 Å². The number of nitro benzene ring substituents is 1. The molecule has 2 rings (SSSR count). The van der Waals surface area contributed by atoms with Crippen molar-refractivity contribution in [3.8, 4) is 0 Å². The second kappa shape index (κ2) is 9.26. The van der Waals surface area contributed by atoms with E-state index >= 15 is 0 Å². The number of halogens is 5. The van der Waals surface area contributed by atoms with Crippen LogP contribution in [-0.2, 0) is 16.2 Å². The van der Waals surface area contributed by atoms with E-state index < -0.39 is 37.8 Å². The average molecular weight is 474 g/mol. The highest BCUT2D eigenvalue weighted by atomic mass is 35.5. The Hall–Kier alpha value is -1.92. The van der Waals surface area contributed by atoms with Crippen LogP contribution in [0.25, 0.3) is 0 Å². The molecule has 0 fully saturated rings. The molecule has 0 heterocycles. The van der Waals surface area contributed by atoms with Crippen molar-refractivity contribution in [3.63, 3.8) is 0 Å². The highest BCUT2D eigenvalue weighted by Crippen LogP contribution is 2.36. The van der Waals surface area contributed by atoms with Crippen molar-refractivity contribution < 1.29 is 26.5 Å². The lowest BCUT2D eigenvalue weighted by atomic mass is 10.0. The minimum atomic E-state index is -4.68. The zero-order chi connectivity index (χ0) is 21.3. The summed E-state index contributed by atoms with van der Waals surface area (Å²) in [4.78, 5) is 9.78. The molecule has 2 aromatic carbocycles. The Labute approximate surface area is 175 Å². The number of hydrogen-bond donors (Lipinski definition) is 1. The molecule has 0 radical (unpaired) electrons. The molecule has 1 atom stereocenters. The fourth-order valence-electron chi connectivity index (χ4n) is 2.39. The molecule has 160 valence electrons. The molecule has 0 bridgehead atoms. The van der Waals surface area contributed by atoms with Gasteiger partial charge in [0, 0.05) is 31.8 Å². The first-order valence-corrected chi connectivity index (χ1v) is 9.49. The lowest BCUT2D eigenvalue weighted by Crippen LogP contribution is -2.34. The van der Waals surface area contributed by atoms with Crippen molar-refractivity contribution in [3.05, 3.63) is 68.7 Å². The first-order chi connectivity index (χ1) is 12.8. The van der Waals surface area contributed by atoms with Gasteiger partial charge in [-0.3, -0.25) is 10.1 Å². The van der Waals surface area contributed by atoms with E-state index in [4.69, 9.17) is 17.3 Å². The van der Waals surface area contributed by atoms with Crippen molar-refractivity contribution in [2.45, 2.75) is 17.1 Å². The van der Waals surface area contributed by atoms with Crippen LogP contribution in [0.3, 0.4) is 0 Å². The quantitative estimate of drug-likeness (QED) is 0.503. The minimum absolute atomic E-state index is 0. The zero-order valence-corrected chi connectivity index (χ0v) is 17.1. The van der Waals surface area contributed by atoms with Gasteiger partial charge in [-0.05, 0) is 29.8 Å². The van der Waals surface area contributed by atoms with Crippen molar-refractivity contribution in [1.82, 2.24) is 4.31 Å². The summed E-state index contributed by atoms with van der Waals surface area (Å²) in [6.45, 7) is -0.321. The van der Waals surface area contributed by atoms with Gasteiger partial charge >= 0.3 is 6.18 Å².